The summed E-state index contributed by atoms with van der Waals surface area (Å²) in [7, 11) is 1.58. The van der Waals surface area contributed by atoms with Crippen molar-refractivity contribution >= 4 is 33.6 Å². The van der Waals surface area contributed by atoms with Crippen molar-refractivity contribution in [2.45, 2.75) is 0 Å². The molecule has 0 saturated carbocycles. The van der Waals surface area contributed by atoms with Gasteiger partial charge in [0.05, 0.1) is 18.5 Å². The lowest BCUT2D eigenvalue weighted by atomic mass is 10.0. The molecule has 4 aromatic carbocycles. The summed E-state index contributed by atoms with van der Waals surface area (Å²) in [6.45, 7) is 0. The van der Waals surface area contributed by atoms with Crippen LogP contribution in [-0.2, 0) is 4.79 Å². The largest absolute Gasteiger partial charge is 0.497 e. The van der Waals surface area contributed by atoms with Gasteiger partial charge in [0.15, 0.2) is 0 Å². The van der Waals surface area contributed by atoms with Crippen molar-refractivity contribution in [3.63, 3.8) is 0 Å². The number of methoxy groups -OCH3 is 1. The van der Waals surface area contributed by atoms with E-state index < -0.39 is 5.91 Å². The number of nitrogens with one attached hydrogen (secondary N) is 1. The lowest BCUT2D eigenvalue weighted by molar-refractivity contribution is -0.112. The first kappa shape index (κ1) is 25.8. The molecule has 0 aliphatic rings. The summed E-state index contributed by atoms with van der Waals surface area (Å²) in [5.41, 5.74) is 6.07. The van der Waals surface area contributed by atoms with Gasteiger partial charge in [-0.3, -0.25) is 4.79 Å². The smallest absolute Gasteiger partial charge is 0.266 e. The van der Waals surface area contributed by atoms with Crippen molar-refractivity contribution in [1.82, 2.24) is 4.57 Å². The Morgan fingerprint density at radius 1 is 0.872 bits per heavy atom. The van der Waals surface area contributed by atoms with Gasteiger partial charge in [-0.2, -0.15) is 5.26 Å². The van der Waals surface area contributed by atoms with Crippen molar-refractivity contribution in [3.8, 4) is 40.0 Å². The minimum absolute atomic E-state index is 0.00410. The van der Waals surface area contributed by atoms with Crippen LogP contribution >= 0.6 is 15.9 Å². The molecule has 0 spiro atoms. The van der Waals surface area contributed by atoms with E-state index in [2.05, 4.69) is 44.0 Å². The van der Waals surface area contributed by atoms with Gasteiger partial charge in [-0.05, 0) is 71.8 Å². The topological polar surface area (TPSA) is 67.0 Å². The third-order valence-electron chi connectivity index (χ3n) is 6.24. The molecule has 1 amide bonds. The SMILES string of the molecule is COc1ccc(NC(=O)/C(C#N)=C/c2cc(-c3ccccc3)n(-c3ccc(Br)cc3)c2-c2ccccc2)cc1. The van der Waals surface area contributed by atoms with Crippen LogP contribution in [0.5, 0.6) is 5.75 Å². The molecule has 5 nitrogen and oxygen atoms in total. The number of nitrogens with zero attached hydrogens (tertiary/aromatic N) is 2. The second-order valence-electron chi connectivity index (χ2n) is 8.73. The van der Waals surface area contributed by atoms with Crippen LogP contribution in [0.25, 0.3) is 34.3 Å². The fraction of sp³-hybridized carbons (Fsp3) is 0.0303. The number of ether oxygens (including phenoxy) is 1. The lowest BCUT2D eigenvalue weighted by Gasteiger charge is -2.15. The molecule has 39 heavy (non-hydrogen) atoms. The number of benzene rings is 4. The van der Waals surface area contributed by atoms with Crippen LogP contribution in [-0.4, -0.2) is 17.6 Å². The first-order chi connectivity index (χ1) is 19.1. The Morgan fingerprint density at radius 3 is 2.08 bits per heavy atom. The molecular weight excluding hydrogens is 550 g/mol. The van der Waals surface area contributed by atoms with E-state index >= 15 is 0 Å². The van der Waals surface area contributed by atoms with E-state index in [1.807, 2.05) is 78.9 Å². The van der Waals surface area contributed by atoms with Gasteiger partial charge in [-0.15, -0.1) is 0 Å². The zero-order valence-corrected chi connectivity index (χ0v) is 22.7. The first-order valence-corrected chi connectivity index (χ1v) is 13.1. The second kappa shape index (κ2) is 11.7. The van der Waals surface area contributed by atoms with Gasteiger partial charge in [0.25, 0.3) is 5.91 Å². The maximum Gasteiger partial charge on any atom is 0.266 e. The van der Waals surface area contributed by atoms with Crippen LogP contribution in [0.3, 0.4) is 0 Å². The highest BCUT2D eigenvalue weighted by Gasteiger charge is 2.20. The Kier molecular flexibility index (Phi) is 7.72. The molecule has 0 radical (unpaired) electrons. The summed E-state index contributed by atoms with van der Waals surface area (Å²) in [6.07, 6.45) is 1.66. The monoisotopic (exact) mass is 573 g/mol. The normalized spacial score (nSPS) is 11.1. The molecule has 0 atom stereocenters. The number of aromatic nitrogens is 1. The van der Waals surface area contributed by atoms with E-state index in [4.69, 9.17) is 4.74 Å². The van der Waals surface area contributed by atoms with Gasteiger partial charge in [-0.1, -0.05) is 76.6 Å². The Balaban J connectivity index is 1.68. The predicted octanol–water partition coefficient (Wildman–Crippen LogP) is 8.13. The van der Waals surface area contributed by atoms with Gasteiger partial charge in [0, 0.05) is 21.4 Å². The average molecular weight is 574 g/mol. The molecular formula is C33H24BrN3O2. The van der Waals surface area contributed by atoms with Crippen molar-refractivity contribution in [1.29, 1.82) is 5.26 Å². The van der Waals surface area contributed by atoms with Crippen LogP contribution in [0.2, 0.25) is 0 Å². The standard InChI is InChI=1S/C33H24BrN3O2/c1-39-30-18-14-28(15-19-30)36-33(38)26(22-35)20-25-21-31(23-8-4-2-5-9-23)37(29-16-12-27(34)13-17-29)32(25)24-10-6-3-7-11-24/h2-21H,1H3,(H,36,38)/b26-20+. The van der Waals surface area contributed by atoms with Gasteiger partial charge in [0.2, 0.25) is 0 Å². The van der Waals surface area contributed by atoms with Crippen molar-refractivity contribution in [3.05, 3.63) is 131 Å². The minimum atomic E-state index is -0.487. The summed E-state index contributed by atoms with van der Waals surface area (Å²) in [5, 5.41) is 12.8. The highest BCUT2D eigenvalue weighted by molar-refractivity contribution is 9.10. The van der Waals surface area contributed by atoms with E-state index in [9.17, 15) is 10.1 Å². The zero-order chi connectivity index (χ0) is 27.2. The summed E-state index contributed by atoms with van der Waals surface area (Å²) in [5.74, 6) is 0.193. The van der Waals surface area contributed by atoms with Gasteiger partial charge in [-0.25, -0.2) is 0 Å². The maximum absolute atomic E-state index is 13.2. The van der Waals surface area contributed by atoms with Crippen molar-refractivity contribution in [2.75, 3.05) is 12.4 Å². The number of rotatable bonds is 7. The molecule has 0 saturated heterocycles. The van der Waals surface area contributed by atoms with Crippen LogP contribution in [0.1, 0.15) is 5.56 Å². The molecule has 6 heteroatoms. The summed E-state index contributed by atoms with van der Waals surface area (Å²) in [6, 6.07) is 39.2. The quantitative estimate of drug-likeness (QED) is 0.158. The van der Waals surface area contributed by atoms with Crippen LogP contribution < -0.4 is 10.1 Å². The highest BCUT2D eigenvalue weighted by atomic mass is 79.9. The molecule has 1 heterocycles. The summed E-state index contributed by atoms with van der Waals surface area (Å²) in [4.78, 5) is 13.2. The minimum Gasteiger partial charge on any atom is -0.497 e. The molecule has 5 aromatic rings. The van der Waals surface area contributed by atoms with Crippen LogP contribution in [0, 0.1) is 11.3 Å². The average Bonchev–Trinajstić information content (AvgIpc) is 3.36. The molecule has 1 N–H and O–H groups in total. The van der Waals surface area contributed by atoms with Gasteiger partial charge >= 0.3 is 0 Å². The van der Waals surface area contributed by atoms with Crippen LogP contribution in [0.4, 0.5) is 5.69 Å². The first-order valence-electron chi connectivity index (χ1n) is 12.3. The van der Waals surface area contributed by atoms with Crippen LogP contribution in [0.15, 0.2) is 125 Å². The number of anilines is 1. The summed E-state index contributed by atoms with van der Waals surface area (Å²) >= 11 is 3.54. The fourth-order valence-electron chi connectivity index (χ4n) is 4.39. The molecule has 0 fully saturated rings. The number of hydrogen-bond donors (Lipinski definition) is 1. The number of amides is 1. The summed E-state index contributed by atoms with van der Waals surface area (Å²) < 4.78 is 8.33. The second-order valence-corrected chi connectivity index (χ2v) is 9.65. The third kappa shape index (κ3) is 5.69. The van der Waals surface area contributed by atoms with E-state index in [0.29, 0.717) is 11.4 Å². The Labute approximate surface area is 235 Å². The molecule has 190 valence electrons. The maximum atomic E-state index is 13.2. The van der Waals surface area contributed by atoms with Gasteiger partial charge < -0.3 is 14.6 Å². The van der Waals surface area contributed by atoms with Gasteiger partial charge in [0.1, 0.15) is 17.4 Å². The van der Waals surface area contributed by atoms with Crippen molar-refractivity contribution in [2.24, 2.45) is 0 Å². The van der Waals surface area contributed by atoms with Crippen molar-refractivity contribution < 1.29 is 9.53 Å². The fourth-order valence-corrected chi connectivity index (χ4v) is 4.65. The zero-order valence-electron chi connectivity index (χ0n) is 21.1. The number of carbonyl (C=O) groups excluding carboxylic acids is 1. The third-order valence-corrected chi connectivity index (χ3v) is 6.77. The number of nitriles is 1. The molecule has 5 rings (SSSR count). The molecule has 0 aliphatic heterocycles. The van der Waals surface area contributed by atoms with E-state index in [-0.39, 0.29) is 5.57 Å². The number of carbonyl (C=O) groups is 1. The Hall–Kier alpha value is -4.86. The lowest BCUT2D eigenvalue weighted by Crippen LogP contribution is -2.13. The highest BCUT2D eigenvalue weighted by Crippen LogP contribution is 2.37. The Morgan fingerprint density at radius 2 is 1.49 bits per heavy atom. The van der Waals surface area contributed by atoms with E-state index in [1.54, 1.807) is 37.5 Å². The molecule has 0 unspecified atom stereocenters. The Bertz CT molecular complexity index is 1670. The predicted molar refractivity (Wildman–Crippen MR) is 160 cm³/mol. The number of hydrogen-bond acceptors (Lipinski definition) is 3. The molecule has 1 aromatic heterocycles. The molecule has 0 aliphatic carbocycles. The van der Waals surface area contributed by atoms with E-state index in [0.717, 1.165) is 38.2 Å². The van der Waals surface area contributed by atoms with E-state index in [1.165, 1.54) is 0 Å². The number of halogens is 1. The molecule has 0 bridgehead atoms.